The number of carbonyl (C=O) groups excluding carboxylic acids is 1. The number of carbonyl (C=O) groups is 1. The molecule has 106 valence electrons. The highest BCUT2D eigenvalue weighted by molar-refractivity contribution is 6.15. The van der Waals surface area contributed by atoms with Crippen LogP contribution in [0, 0.1) is 10.1 Å². The summed E-state index contributed by atoms with van der Waals surface area (Å²) in [7, 11) is 0. The number of nitrogens with zero attached hydrogens (tertiary/aromatic N) is 1. The second-order valence-electron chi connectivity index (χ2n) is 4.34. The summed E-state index contributed by atoms with van der Waals surface area (Å²) in [6.07, 6.45) is 0. The standard InChI is InChI=1S/C16H13NO4/c1-12(14-5-3-2-4-6-14)16(18)21-11-13-7-9-15(10-8-13)17(19)20/h2-10H,1,11H2. The number of ether oxygens (including phenoxy) is 1. The molecule has 0 heterocycles. The molecule has 0 aliphatic rings. The van der Waals surface area contributed by atoms with E-state index in [0.29, 0.717) is 11.1 Å². The summed E-state index contributed by atoms with van der Waals surface area (Å²) in [6.45, 7) is 3.75. The number of hydrogen-bond acceptors (Lipinski definition) is 4. The Morgan fingerprint density at radius 1 is 1.10 bits per heavy atom. The lowest BCUT2D eigenvalue weighted by atomic mass is 10.1. The van der Waals surface area contributed by atoms with Gasteiger partial charge in [0.05, 0.1) is 10.5 Å². The molecule has 2 aromatic rings. The zero-order chi connectivity index (χ0) is 15.2. The molecule has 0 fully saturated rings. The Balaban J connectivity index is 1.95. The van der Waals surface area contributed by atoms with E-state index in [2.05, 4.69) is 6.58 Å². The average molecular weight is 283 g/mol. The van der Waals surface area contributed by atoms with Gasteiger partial charge in [-0.05, 0) is 23.3 Å². The minimum absolute atomic E-state index is 0.00114. The first-order valence-corrected chi connectivity index (χ1v) is 6.22. The molecule has 21 heavy (non-hydrogen) atoms. The lowest BCUT2D eigenvalue weighted by Gasteiger charge is -2.07. The van der Waals surface area contributed by atoms with Crippen LogP contribution in [0.5, 0.6) is 0 Å². The van der Waals surface area contributed by atoms with Gasteiger partial charge < -0.3 is 4.74 Å². The van der Waals surface area contributed by atoms with Gasteiger partial charge in [0.15, 0.2) is 0 Å². The molecule has 2 aromatic carbocycles. The van der Waals surface area contributed by atoms with E-state index in [0.717, 1.165) is 0 Å². The molecule has 5 heteroatoms. The summed E-state index contributed by atoms with van der Waals surface area (Å²) in [5.74, 6) is -0.514. The molecule has 0 spiro atoms. The SMILES string of the molecule is C=C(C(=O)OCc1ccc([N+](=O)[O-])cc1)c1ccccc1. The van der Waals surface area contributed by atoms with Gasteiger partial charge in [-0.2, -0.15) is 0 Å². The van der Waals surface area contributed by atoms with Crippen molar-refractivity contribution in [2.45, 2.75) is 6.61 Å². The van der Waals surface area contributed by atoms with E-state index >= 15 is 0 Å². The predicted octanol–water partition coefficient (Wildman–Crippen LogP) is 3.35. The van der Waals surface area contributed by atoms with Crippen molar-refractivity contribution in [3.05, 3.63) is 82.4 Å². The smallest absolute Gasteiger partial charge is 0.338 e. The average Bonchev–Trinajstić information content (AvgIpc) is 2.53. The Morgan fingerprint density at radius 3 is 2.29 bits per heavy atom. The van der Waals surface area contributed by atoms with Crippen LogP contribution in [0.25, 0.3) is 5.57 Å². The van der Waals surface area contributed by atoms with Gasteiger partial charge in [-0.25, -0.2) is 4.79 Å². The highest BCUT2D eigenvalue weighted by atomic mass is 16.6. The minimum Gasteiger partial charge on any atom is -0.457 e. The summed E-state index contributed by atoms with van der Waals surface area (Å²) in [5, 5.41) is 10.5. The molecule has 0 amide bonds. The monoisotopic (exact) mass is 283 g/mol. The highest BCUT2D eigenvalue weighted by Gasteiger charge is 2.11. The van der Waals surface area contributed by atoms with Crippen LogP contribution < -0.4 is 0 Å². The minimum atomic E-state index is -0.514. The summed E-state index contributed by atoms with van der Waals surface area (Å²) in [6, 6.07) is 14.9. The topological polar surface area (TPSA) is 69.4 Å². The quantitative estimate of drug-likeness (QED) is 0.365. The fraction of sp³-hybridized carbons (Fsp3) is 0.0625. The Morgan fingerprint density at radius 2 is 1.71 bits per heavy atom. The van der Waals surface area contributed by atoms with Crippen LogP contribution in [0.3, 0.4) is 0 Å². The first-order chi connectivity index (χ1) is 10.1. The molecular formula is C16H13NO4. The molecule has 0 N–H and O–H groups in total. The number of benzene rings is 2. The first kappa shape index (κ1) is 14.5. The van der Waals surface area contributed by atoms with Gasteiger partial charge in [0, 0.05) is 12.1 Å². The van der Waals surface area contributed by atoms with Gasteiger partial charge in [0.1, 0.15) is 6.61 Å². The van der Waals surface area contributed by atoms with Crippen molar-refractivity contribution < 1.29 is 14.5 Å². The first-order valence-electron chi connectivity index (χ1n) is 6.22. The maximum absolute atomic E-state index is 11.9. The lowest BCUT2D eigenvalue weighted by Crippen LogP contribution is -2.06. The number of non-ortho nitro benzene ring substituents is 1. The molecule has 0 aliphatic heterocycles. The van der Waals surface area contributed by atoms with Crippen molar-refractivity contribution >= 4 is 17.2 Å². The zero-order valence-corrected chi connectivity index (χ0v) is 11.2. The molecule has 0 saturated heterocycles. The van der Waals surface area contributed by atoms with Crippen LogP contribution in [-0.2, 0) is 16.1 Å². The van der Waals surface area contributed by atoms with Crippen molar-refractivity contribution in [2.24, 2.45) is 0 Å². The Hall–Kier alpha value is -2.95. The van der Waals surface area contributed by atoms with E-state index in [1.165, 1.54) is 12.1 Å². The molecule has 0 unspecified atom stereocenters. The predicted molar refractivity (Wildman–Crippen MR) is 78.4 cm³/mol. The number of nitro benzene ring substituents is 1. The molecule has 0 atom stereocenters. The number of nitro groups is 1. The van der Waals surface area contributed by atoms with Gasteiger partial charge in [-0.3, -0.25) is 10.1 Å². The normalized spacial score (nSPS) is 9.90. The lowest BCUT2D eigenvalue weighted by molar-refractivity contribution is -0.384. The summed E-state index contributed by atoms with van der Waals surface area (Å²) >= 11 is 0. The largest absolute Gasteiger partial charge is 0.457 e. The fourth-order valence-corrected chi connectivity index (χ4v) is 1.71. The maximum atomic E-state index is 11.9. The van der Waals surface area contributed by atoms with Crippen LogP contribution in [0.15, 0.2) is 61.2 Å². The van der Waals surface area contributed by atoms with Gasteiger partial charge in [0.25, 0.3) is 5.69 Å². The molecule has 0 radical (unpaired) electrons. The second-order valence-corrected chi connectivity index (χ2v) is 4.34. The third kappa shape index (κ3) is 3.76. The number of rotatable bonds is 5. The van der Waals surface area contributed by atoms with E-state index < -0.39 is 10.9 Å². The molecule has 2 rings (SSSR count). The third-order valence-electron chi connectivity index (χ3n) is 2.89. The van der Waals surface area contributed by atoms with Crippen LogP contribution in [0.2, 0.25) is 0 Å². The molecule has 0 saturated carbocycles. The van der Waals surface area contributed by atoms with E-state index in [4.69, 9.17) is 4.74 Å². The fourth-order valence-electron chi connectivity index (χ4n) is 1.71. The molecule has 0 bridgehead atoms. The second kappa shape index (κ2) is 6.47. The van der Waals surface area contributed by atoms with Crippen LogP contribution in [0.4, 0.5) is 5.69 Å². The molecular weight excluding hydrogens is 270 g/mol. The van der Waals surface area contributed by atoms with Crippen molar-refractivity contribution in [1.82, 2.24) is 0 Å². The Labute approximate surface area is 121 Å². The van der Waals surface area contributed by atoms with Crippen LogP contribution in [-0.4, -0.2) is 10.9 Å². The van der Waals surface area contributed by atoms with E-state index in [9.17, 15) is 14.9 Å². The van der Waals surface area contributed by atoms with Crippen molar-refractivity contribution in [1.29, 1.82) is 0 Å². The molecule has 0 aliphatic carbocycles. The summed E-state index contributed by atoms with van der Waals surface area (Å²) in [5.41, 5.74) is 1.65. The van der Waals surface area contributed by atoms with Crippen molar-refractivity contribution in [2.75, 3.05) is 0 Å². The maximum Gasteiger partial charge on any atom is 0.338 e. The van der Waals surface area contributed by atoms with E-state index in [1.807, 2.05) is 18.2 Å². The van der Waals surface area contributed by atoms with Gasteiger partial charge in [-0.1, -0.05) is 36.9 Å². The summed E-state index contributed by atoms with van der Waals surface area (Å²) in [4.78, 5) is 21.9. The molecule has 5 nitrogen and oxygen atoms in total. The number of esters is 1. The molecule has 0 aromatic heterocycles. The van der Waals surface area contributed by atoms with Gasteiger partial charge in [0.2, 0.25) is 0 Å². The van der Waals surface area contributed by atoms with Crippen LogP contribution in [0.1, 0.15) is 11.1 Å². The Kier molecular flexibility index (Phi) is 4.46. The zero-order valence-electron chi connectivity index (χ0n) is 11.2. The Bertz CT molecular complexity index is 662. The van der Waals surface area contributed by atoms with Crippen molar-refractivity contribution in [3.8, 4) is 0 Å². The van der Waals surface area contributed by atoms with Crippen molar-refractivity contribution in [3.63, 3.8) is 0 Å². The van der Waals surface area contributed by atoms with Gasteiger partial charge >= 0.3 is 5.97 Å². The third-order valence-corrected chi connectivity index (χ3v) is 2.89. The number of hydrogen-bond donors (Lipinski definition) is 0. The van der Waals surface area contributed by atoms with E-state index in [1.54, 1.807) is 24.3 Å². The highest BCUT2D eigenvalue weighted by Crippen LogP contribution is 2.16. The van der Waals surface area contributed by atoms with Crippen LogP contribution >= 0.6 is 0 Å². The summed E-state index contributed by atoms with van der Waals surface area (Å²) < 4.78 is 5.14. The van der Waals surface area contributed by atoms with E-state index in [-0.39, 0.29) is 17.9 Å². The van der Waals surface area contributed by atoms with Gasteiger partial charge in [-0.15, -0.1) is 0 Å².